The van der Waals surface area contributed by atoms with Crippen LogP contribution in [0, 0.1) is 5.82 Å². The fraction of sp³-hybridized carbons (Fsp3) is 0.433. The number of rotatable bonds is 5. The Hall–Kier alpha value is -3.56. The molecule has 0 radical (unpaired) electrons. The van der Waals surface area contributed by atoms with Crippen LogP contribution in [-0.4, -0.2) is 76.0 Å². The molecule has 0 spiro atoms. The summed E-state index contributed by atoms with van der Waals surface area (Å²) in [5.41, 5.74) is 3.50. The summed E-state index contributed by atoms with van der Waals surface area (Å²) in [5, 5.41) is 5.01. The van der Waals surface area contributed by atoms with Crippen molar-refractivity contribution in [3.05, 3.63) is 72.2 Å². The van der Waals surface area contributed by atoms with Gasteiger partial charge < -0.3 is 14.5 Å². The smallest absolute Gasteiger partial charge is 0.154 e. The minimum absolute atomic E-state index is 0.108. The Morgan fingerprint density at radius 3 is 2.77 bits per heavy atom. The third-order valence-electron chi connectivity index (χ3n) is 8.40. The molecular formula is C30H34FN7O. The lowest BCUT2D eigenvalue weighted by molar-refractivity contribution is -0.0309. The molecular weight excluding hydrogens is 493 g/mol. The van der Waals surface area contributed by atoms with Gasteiger partial charge in [-0.2, -0.15) is 0 Å². The van der Waals surface area contributed by atoms with Gasteiger partial charge in [0, 0.05) is 38.8 Å². The lowest BCUT2D eigenvalue weighted by Crippen LogP contribution is -2.47. The van der Waals surface area contributed by atoms with E-state index in [0.717, 1.165) is 92.8 Å². The van der Waals surface area contributed by atoms with Crippen LogP contribution in [0.5, 0.6) is 0 Å². The quantitative estimate of drug-likeness (QED) is 0.377. The first kappa shape index (κ1) is 24.5. The van der Waals surface area contributed by atoms with E-state index >= 15 is 0 Å². The van der Waals surface area contributed by atoms with Crippen LogP contribution in [0.15, 0.2) is 60.8 Å². The Bertz CT molecular complexity index is 1470. The summed E-state index contributed by atoms with van der Waals surface area (Å²) in [5.74, 6) is 1.66. The minimum atomic E-state index is -0.200. The van der Waals surface area contributed by atoms with Crippen LogP contribution in [-0.2, 0) is 4.74 Å². The maximum atomic E-state index is 14.0. The molecule has 7 rings (SSSR count). The molecule has 3 atom stereocenters. The first-order valence-electron chi connectivity index (χ1n) is 14.1. The topological polar surface area (TPSA) is 62.0 Å². The van der Waals surface area contributed by atoms with Crippen LogP contribution in [0.1, 0.15) is 37.8 Å². The van der Waals surface area contributed by atoms with Gasteiger partial charge in [0.05, 0.1) is 30.6 Å². The number of hydrogen-bond acceptors (Lipinski definition) is 7. The minimum Gasteiger partial charge on any atom is -0.376 e. The number of nitrogens with zero attached hydrogens (tertiary/aromatic N) is 7. The Kier molecular flexibility index (Phi) is 6.40. The van der Waals surface area contributed by atoms with Crippen molar-refractivity contribution < 1.29 is 9.13 Å². The second-order valence-electron chi connectivity index (χ2n) is 11.0. The number of morpholine rings is 1. The molecule has 4 aromatic rings. The van der Waals surface area contributed by atoms with Crippen molar-refractivity contribution in [1.29, 1.82) is 0 Å². The van der Waals surface area contributed by atoms with E-state index in [1.807, 2.05) is 35.0 Å². The number of pyridine rings is 1. The Labute approximate surface area is 228 Å². The summed E-state index contributed by atoms with van der Waals surface area (Å²) in [4.78, 5) is 16.9. The van der Waals surface area contributed by atoms with Crippen molar-refractivity contribution in [2.75, 3.05) is 49.1 Å². The molecule has 3 aliphatic rings. The molecule has 6 heterocycles. The highest BCUT2D eigenvalue weighted by Crippen LogP contribution is 2.36. The van der Waals surface area contributed by atoms with Gasteiger partial charge in [-0.1, -0.05) is 18.2 Å². The summed E-state index contributed by atoms with van der Waals surface area (Å²) < 4.78 is 21.6. The molecule has 39 heavy (non-hydrogen) atoms. The average Bonchev–Trinajstić information content (AvgIpc) is 3.73. The molecule has 3 unspecified atom stereocenters. The lowest BCUT2D eigenvalue weighted by atomic mass is 10.0. The predicted molar refractivity (Wildman–Crippen MR) is 150 cm³/mol. The third kappa shape index (κ3) is 4.74. The van der Waals surface area contributed by atoms with Gasteiger partial charge in [0.15, 0.2) is 5.65 Å². The van der Waals surface area contributed by atoms with Crippen LogP contribution in [0.25, 0.3) is 17.0 Å². The number of imidazole rings is 1. The van der Waals surface area contributed by atoms with Crippen molar-refractivity contribution in [2.24, 2.45) is 0 Å². The van der Waals surface area contributed by atoms with Crippen molar-refractivity contribution in [1.82, 2.24) is 24.5 Å². The van der Waals surface area contributed by atoms with Crippen LogP contribution in [0.2, 0.25) is 0 Å². The van der Waals surface area contributed by atoms with Gasteiger partial charge in [-0.15, -0.1) is 5.10 Å². The average molecular weight is 528 g/mol. The molecule has 0 N–H and O–H groups in total. The number of ether oxygens (including phenoxy) is 1. The molecule has 0 aliphatic carbocycles. The zero-order chi connectivity index (χ0) is 26.3. The maximum Gasteiger partial charge on any atom is 0.154 e. The van der Waals surface area contributed by atoms with E-state index < -0.39 is 0 Å². The van der Waals surface area contributed by atoms with Crippen LogP contribution in [0.4, 0.5) is 16.0 Å². The molecule has 0 bridgehead atoms. The molecule has 0 saturated carbocycles. The van der Waals surface area contributed by atoms with E-state index in [9.17, 15) is 4.39 Å². The normalized spacial score (nSPS) is 24.2. The van der Waals surface area contributed by atoms with Gasteiger partial charge in [-0.3, -0.25) is 4.90 Å². The number of anilines is 2. The monoisotopic (exact) mass is 527 g/mol. The van der Waals surface area contributed by atoms with E-state index in [-0.39, 0.29) is 11.9 Å². The second kappa shape index (κ2) is 10.2. The summed E-state index contributed by atoms with van der Waals surface area (Å²) in [6, 6.07) is 17.8. The largest absolute Gasteiger partial charge is 0.376 e. The number of aromatic nitrogens is 4. The fourth-order valence-electron chi connectivity index (χ4n) is 6.46. The summed E-state index contributed by atoms with van der Waals surface area (Å²) in [6.45, 7) is 7.84. The first-order chi connectivity index (χ1) is 19.1. The molecule has 3 fully saturated rings. The van der Waals surface area contributed by atoms with Crippen molar-refractivity contribution >= 4 is 17.3 Å². The van der Waals surface area contributed by atoms with E-state index in [1.54, 1.807) is 12.1 Å². The highest BCUT2D eigenvalue weighted by atomic mass is 19.1. The molecule has 1 aromatic carbocycles. The maximum absolute atomic E-state index is 14.0. The SMILES string of the molecule is CC1CN(C2CCN(c3cccc(-c4cnc5ccc(N6CCCC6c6cccc(F)c6)nn45)n3)C2)CCO1. The van der Waals surface area contributed by atoms with Crippen molar-refractivity contribution in [3.63, 3.8) is 0 Å². The summed E-state index contributed by atoms with van der Waals surface area (Å²) in [6.07, 6.45) is 5.31. The highest BCUT2D eigenvalue weighted by molar-refractivity contribution is 5.63. The first-order valence-corrected chi connectivity index (χ1v) is 14.1. The molecule has 8 nitrogen and oxygen atoms in total. The molecule has 3 aromatic heterocycles. The third-order valence-corrected chi connectivity index (χ3v) is 8.40. The molecule has 202 valence electrons. The molecule has 3 saturated heterocycles. The summed E-state index contributed by atoms with van der Waals surface area (Å²) >= 11 is 0. The van der Waals surface area contributed by atoms with Gasteiger partial charge in [0.1, 0.15) is 23.1 Å². The second-order valence-corrected chi connectivity index (χ2v) is 11.0. The van der Waals surface area contributed by atoms with Crippen LogP contribution < -0.4 is 9.80 Å². The van der Waals surface area contributed by atoms with Crippen LogP contribution in [0.3, 0.4) is 0 Å². The highest BCUT2D eigenvalue weighted by Gasteiger charge is 2.31. The van der Waals surface area contributed by atoms with Gasteiger partial charge in [-0.05, 0) is 68.1 Å². The fourth-order valence-corrected chi connectivity index (χ4v) is 6.46. The van der Waals surface area contributed by atoms with Crippen molar-refractivity contribution in [2.45, 2.75) is 44.4 Å². The Morgan fingerprint density at radius 1 is 0.949 bits per heavy atom. The molecule has 0 amide bonds. The standard InChI is InChI=1S/C30H34FN7O/c1-21-19-35(15-16-39-21)24-12-14-36(20-24)29-9-3-7-25(33-29)27-18-32-28-10-11-30(34-38(27)28)37-13-4-8-26(37)22-5-2-6-23(31)17-22/h2-3,5-7,9-11,17-18,21,24,26H,4,8,12-16,19-20H2,1H3. The Morgan fingerprint density at radius 2 is 1.87 bits per heavy atom. The van der Waals surface area contributed by atoms with Gasteiger partial charge in [-0.25, -0.2) is 18.9 Å². The zero-order valence-electron chi connectivity index (χ0n) is 22.3. The van der Waals surface area contributed by atoms with E-state index in [0.29, 0.717) is 12.1 Å². The summed E-state index contributed by atoms with van der Waals surface area (Å²) in [7, 11) is 0. The van der Waals surface area contributed by atoms with Gasteiger partial charge in [0.2, 0.25) is 0 Å². The zero-order valence-corrected chi connectivity index (χ0v) is 22.3. The number of halogens is 1. The van der Waals surface area contributed by atoms with E-state index in [1.165, 1.54) is 6.07 Å². The number of hydrogen-bond donors (Lipinski definition) is 0. The van der Waals surface area contributed by atoms with Gasteiger partial charge >= 0.3 is 0 Å². The lowest BCUT2D eigenvalue weighted by Gasteiger charge is -2.35. The van der Waals surface area contributed by atoms with E-state index in [4.69, 9.17) is 14.8 Å². The molecule has 3 aliphatic heterocycles. The van der Waals surface area contributed by atoms with Gasteiger partial charge in [0.25, 0.3) is 0 Å². The predicted octanol–water partition coefficient (Wildman–Crippen LogP) is 4.57. The Balaban J connectivity index is 1.15. The molecule has 9 heteroatoms. The van der Waals surface area contributed by atoms with Crippen molar-refractivity contribution in [3.8, 4) is 11.4 Å². The number of benzene rings is 1. The van der Waals surface area contributed by atoms with E-state index in [2.05, 4.69) is 38.7 Å². The number of fused-ring (bicyclic) bond motifs is 1. The van der Waals surface area contributed by atoms with Crippen LogP contribution >= 0.6 is 0 Å².